The van der Waals surface area contributed by atoms with E-state index in [9.17, 15) is 4.79 Å². The minimum atomic E-state index is 0.378. The Morgan fingerprint density at radius 3 is 2.61 bits per heavy atom. The third-order valence-electron chi connectivity index (χ3n) is 2.39. The van der Waals surface area contributed by atoms with Crippen LogP contribution in [-0.2, 0) is 6.61 Å². The van der Waals surface area contributed by atoms with E-state index < -0.39 is 0 Å². The van der Waals surface area contributed by atoms with E-state index in [1.54, 1.807) is 12.1 Å². The Balaban J connectivity index is 2.21. The maximum atomic E-state index is 11.0. The summed E-state index contributed by atoms with van der Waals surface area (Å²) in [5, 5.41) is 0.419. The molecule has 4 heteroatoms. The van der Waals surface area contributed by atoms with Gasteiger partial charge in [-0.05, 0) is 17.7 Å². The van der Waals surface area contributed by atoms with Crippen molar-refractivity contribution >= 4 is 33.8 Å². The number of aldehydes is 1. The molecule has 0 bridgehead atoms. The van der Waals surface area contributed by atoms with Gasteiger partial charge in [-0.2, -0.15) is 0 Å². The third-order valence-corrected chi connectivity index (χ3v) is 3.13. The minimum Gasteiger partial charge on any atom is -0.487 e. The van der Waals surface area contributed by atoms with Crippen molar-refractivity contribution < 1.29 is 9.53 Å². The molecule has 0 amide bonds. The molecule has 2 nitrogen and oxygen atoms in total. The summed E-state index contributed by atoms with van der Waals surface area (Å²) in [6, 6.07) is 13.1. The van der Waals surface area contributed by atoms with Crippen molar-refractivity contribution in [2.24, 2.45) is 0 Å². The van der Waals surface area contributed by atoms with Crippen LogP contribution >= 0.6 is 27.5 Å². The second-order valence-electron chi connectivity index (χ2n) is 3.70. The molecule has 0 heterocycles. The summed E-state index contributed by atoms with van der Waals surface area (Å²) in [6.45, 7) is 0.378. The first-order chi connectivity index (χ1) is 8.70. The van der Waals surface area contributed by atoms with Crippen molar-refractivity contribution in [2.75, 3.05) is 0 Å². The number of benzene rings is 2. The lowest BCUT2D eigenvalue weighted by Crippen LogP contribution is -1.99. The average Bonchev–Trinajstić information content (AvgIpc) is 2.38. The first-order valence-corrected chi connectivity index (χ1v) is 6.49. The van der Waals surface area contributed by atoms with Crippen LogP contribution < -0.4 is 4.74 Å². The molecule has 0 saturated heterocycles. The number of carbonyl (C=O) groups is 1. The molecule has 0 aliphatic rings. The maximum absolute atomic E-state index is 11.0. The highest BCUT2D eigenvalue weighted by Gasteiger charge is 2.10. The Bertz CT molecular complexity index is 555. The van der Waals surface area contributed by atoms with Gasteiger partial charge in [0.05, 0.1) is 10.6 Å². The van der Waals surface area contributed by atoms with Gasteiger partial charge in [0.15, 0.2) is 6.29 Å². The van der Waals surface area contributed by atoms with Crippen molar-refractivity contribution in [2.45, 2.75) is 6.61 Å². The first kappa shape index (κ1) is 13.1. The van der Waals surface area contributed by atoms with Gasteiger partial charge in [-0.15, -0.1) is 0 Å². The Morgan fingerprint density at radius 1 is 1.22 bits per heavy atom. The SMILES string of the molecule is O=Cc1cc(Br)cc(Cl)c1OCc1ccccc1. The molecule has 0 aliphatic heterocycles. The van der Waals surface area contributed by atoms with E-state index in [0.29, 0.717) is 22.9 Å². The zero-order chi connectivity index (χ0) is 13.0. The molecule has 0 fully saturated rings. The van der Waals surface area contributed by atoms with E-state index in [0.717, 1.165) is 16.3 Å². The molecule has 0 N–H and O–H groups in total. The Hall–Kier alpha value is -1.32. The average molecular weight is 326 g/mol. The second kappa shape index (κ2) is 6.03. The number of hydrogen-bond donors (Lipinski definition) is 0. The zero-order valence-corrected chi connectivity index (χ0v) is 11.7. The molecule has 0 spiro atoms. The largest absolute Gasteiger partial charge is 0.487 e. The van der Waals surface area contributed by atoms with Crippen LogP contribution in [0.4, 0.5) is 0 Å². The minimum absolute atomic E-state index is 0.378. The van der Waals surface area contributed by atoms with Crippen LogP contribution in [0.1, 0.15) is 15.9 Å². The first-order valence-electron chi connectivity index (χ1n) is 5.31. The fourth-order valence-electron chi connectivity index (χ4n) is 1.55. The van der Waals surface area contributed by atoms with Crippen molar-refractivity contribution in [1.82, 2.24) is 0 Å². The molecule has 0 aliphatic carbocycles. The van der Waals surface area contributed by atoms with E-state index in [1.165, 1.54) is 0 Å². The topological polar surface area (TPSA) is 26.3 Å². The number of rotatable bonds is 4. The number of carbonyl (C=O) groups excluding carboxylic acids is 1. The lowest BCUT2D eigenvalue weighted by atomic mass is 10.2. The number of hydrogen-bond acceptors (Lipinski definition) is 2. The zero-order valence-electron chi connectivity index (χ0n) is 9.40. The molecule has 0 radical (unpaired) electrons. The van der Waals surface area contributed by atoms with Crippen molar-refractivity contribution in [3.8, 4) is 5.75 Å². The summed E-state index contributed by atoms with van der Waals surface area (Å²) in [7, 11) is 0. The van der Waals surface area contributed by atoms with Crippen LogP contribution in [0.25, 0.3) is 0 Å². The van der Waals surface area contributed by atoms with Crippen LogP contribution in [0.3, 0.4) is 0 Å². The summed E-state index contributed by atoms with van der Waals surface area (Å²) in [6.07, 6.45) is 0.733. The van der Waals surface area contributed by atoms with E-state index in [1.807, 2.05) is 30.3 Å². The van der Waals surface area contributed by atoms with Crippen LogP contribution in [-0.4, -0.2) is 6.29 Å². The van der Waals surface area contributed by atoms with Crippen LogP contribution in [0, 0.1) is 0 Å². The predicted molar refractivity (Wildman–Crippen MR) is 75.3 cm³/mol. The van der Waals surface area contributed by atoms with Gasteiger partial charge in [0.1, 0.15) is 12.4 Å². The standard InChI is InChI=1S/C14H10BrClO2/c15-12-6-11(8-17)14(13(16)7-12)18-9-10-4-2-1-3-5-10/h1-8H,9H2. The smallest absolute Gasteiger partial charge is 0.153 e. The monoisotopic (exact) mass is 324 g/mol. The Labute approximate surface area is 119 Å². The van der Waals surface area contributed by atoms with Gasteiger partial charge in [-0.1, -0.05) is 57.9 Å². The summed E-state index contributed by atoms with van der Waals surface area (Å²) in [4.78, 5) is 11.0. The summed E-state index contributed by atoms with van der Waals surface area (Å²) in [5.74, 6) is 0.415. The van der Waals surface area contributed by atoms with Gasteiger partial charge >= 0.3 is 0 Å². The lowest BCUT2D eigenvalue weighted by Gasteiger charge is -2.10. The molecular weight excluding hydrogens is 316 g/mol. The fourth-order valence-corrected chi connectivity index (χ4v) is 2.44. The summed E-state index contributed by atoms with van der Waals surface area (Å²) >= 11 is 9.35. The van der Waals surface area contributed by atoms with Gasteiger partial charge in [0.25, 0.3) is 0 Å². The second-order valence-corrected chi connectivity index (χ2v) is 5.02. The van der Waals surface area contributed by atoms with Gasteiger partial charge < -0.3 is 4.74 Å². The molecule has 92 valence electrons. The lowest BCUT2D eigenvalue weighted by molar-refractivity contribution is 0.111. The maximum Gasteiger partial charge on any atom is 0.153 e. The third kappa shape index (κ3) is 3.12. The van der Waals surface area contributed by atoms with Crippen molar-refractivity contribution in [3.63, 3.8) is 0 Å². The van der Waals surface area contributed by atoms with E-state index in [2.05, 4.69) is 15.9 Å². The molecule has 0 aromatic heterocycles. The highest BCUT2D eigenvalue weighted by atomic mass is 79.9. The normalized spacial score (nSPS) is 10.1. The van der Waals surface area contributed by atoms with E-state index >= 15 is 0 Å². The van der Waals surface area contributed by atoms with Crippen LogP contribution in [0.2, 0.25) is 5.02 Å². The summed E-state index contributed by atoms with van der Waals surface area (Å²) in [5.41, 5.74) is 1.46. The molecule has 2 rings (SSSR count). The van der Waals surface area contributed by atoms with E-state index in [4.69, 9.17) is 16.3 Å². The van der Waals surface area contributed by atoms with Crippen LogP contribution in [0.15, 0.2) is 46.9 Å². The molecule has 2 aromatic rings. The molecule has 18 heavy (non-hydrogen) atoms. The van der Waals surface area contributed by atoms with Gasteiger partial charge in [-0.3, -0.25) is 4.79 Å². The van der Waals surface area contributed by atoms with Gasteiger partial charge in [-0.25, -0.2) is 0 Å². The Morgan fingerprint density at radius 2 is 1.94 bits per heavy atom. The molecule has 0 atom stereocenters. The fraction of sp³-hybridized carbons (Fsp3) is 0.0714. The highest BCUT2D eigenvalue weighted by molar-refractivity contribution is 9.10. The predicted octanol–water partition coefficient (Wildman–Crippen LogP) is 4.49. The van der Waals surface area contributed by atoms with Gasteiger partial charge in [0, 0.05) is 4.47 Å². The van der Waals surface area contributed by atoms with Crippen molar-refractivity contribution in [3.05, 3.63) is 63.1 Å². The highest BCUT2D eigenvalue weighted by Crippen LogP contribution is 2.32. The summed E-state index contributed by atoms with van der Waals surface area (Å²) < 4.78 is 6.37. The van der Waals surface area contributed by atoms with E-state index in [-0.39, 0.29) is 0 Å². The van der Waals surface area contributed by atoms with Crippen LogP contribution in [0.5, 0.6) is 5.75 Å². The number of halogens is 2. The molecule has 0 saturated carbocycles. The van der Waals surface area contributed by atoms with Gasteiger partial charge in [0.2, 0.25) is 0 Å². The molecule has 2 aromatic carbocycles. The molecule has 0 unspecified atom stereocenters. The quantitative estimate of drug-likeness (QED) is 0.774. The van der Waals surface area contributed by atoms with Crippen molar-refractivity contribution in [1.29, 1.82) is 0 Å². The Kier molecular flexibility index (Phi) is 4.39. The molecular formula is C14H10BrClO2. The number of ether oxygens (including phenoxy) is 1.